The first kappa shape index (κ1) is 12.8. The smallest absolute Gasteiger partial charge is 0.225 e. The quantitative estimate of drug-likeness (QED) is 0.630. The highest BCUT2D eigenvalue weighted by Gasteiger charge is 2.29. The number of hydrogen-bond donors (Lipinski definition) is 2. The number of rotatable bonds is 3. The maximum Gasteiger partial charge on any atom is 0.225 e. The van der Waals surface area contributed by atoms with E-state index in [2.05, 4.69) is 28.7 Å². The molecule has 0 spiro atoms. The summed E-state index contributed by atoms with van der Waals surface area (Å²) in [6, 6.07) is 1.67. The highest BCUT2D eigenvalue weighted by atomic mass is 15.3. The van der Waals surface area contributed by atoms with Crippen LogP contribution in [0.1, 0.15) is 38.8 Å². The Morgan fingerprint density at radius 2 is 2.17 bits per heavy atom. The van der Waals surface area contributed by atoms with Crippen LogP contribution in [0.25, 0.3) is 0 Å². The maximum absolute atomic E-state index is 7.41. The zero-order chi connectivity index (χ0) is 13.2. The van der Waals surface area contributed by atoms with Crippen LogP contribution >= 0.6 is 0 Å². The molecule has 0 amide bonds. The SMILES string of the molecule is CCC1(C)CCN(c2nccc(C(=N)N)n2)CC1. The molecule has 2 rings (SSSR count). The Bertz CT molecular complexity index is 435. The van der Waals surface area contributed by atoms with Crippen molar-refractivity contribution in [1.29, 1.82) is 5.41 Å². The average Bonchev–Trinajstić information content (AvgIpc) is 2.40. The second-order valence-electron chi connectivity index (χ2n) is 5.31. The summed E-state index contributed by atoms with van der Waals surface area (Å²) in [6.45, 7) is 6.55. The van der Waals surface area contributed by atoms with Crippen molar-refractivity contribution >= 4 is 11.8 Å². The summed E-state index contributed by atoms with van der Waals surface area (Å²) >= 11 is 0. The molecule has 18 heavy (non-hydrogen) atoms. The number of nitrogens with one attached hydrogen (secondary N) is 1. The first-order valence-corrected chi connectivity index (χ1v) is 6.46. The van der Waals surface area contributed by atoms with Crippen molar-refractivity contribution in [2.24, 2.45) is 11.1 Å². The highest BCUT2D eigenvalue weighted by Crippen LogP contribution is 2.34. The summed E-state index contributed by atoms with van der Waals surface area (Å²) in [4.78, 5) is 10.8. The Labute approximate surface area is 108 Å². The molecule has 0 atom stereocenters. The van der Waals surface area contributed by atoms with E-state index in [0.717, 1.165) is 25.9 Å². The van der Waals surface area contributed by atoms with E-state index in [4.69, 9.17) is 11.1 Å². The van der Waals surface area contributed by atoms with Gasteiger partial charge in [-0.05, 0) is 24.3 Å². The molecular formula is C13H21N5. The number of nitrogens with two attached hydrogens (primary N) is 1. The number of nitrogens with zero attached hydrogens (tertiary/aromatic N) is 3. The van der Waals surface area contributed by atoms with Gasteiger partial charge in [-0.3, -0.25) is 5.41 Å². The third kappa shape index (κ3) is 2.60. The van der Waals surface area contributed by atoms with E-state index in [-0.39, 0.29) is 5.84 Å². The minimum absolute atomic E-state index is 0.00550. The first-order valence-electron chi connectivity index (χ1n) is 6.46. The van der Waals surface area contributed by atoms with Crippen LogP contribution in [-0.4, -0.2) is 28.9 Å². The van der Waals surface area contributed by atoms with Gasteiger partial charge in [-0.25, -0.2) is 9.97 Å². The van der Waals surface area contributed by atoms with Crippen molar-refractivity contribution < 1.29 is 0 Å². The number of piperidine rings is 1. The predicted molar refractivity (Wildman–Crippen MR) is 72.9 cm³/mol. The van der Waals surface area contributed by atoms with E-state index in [9.17, 15) is 0 Å². The summed E-state index contributed by atoms with van der Waals surface area (Å²) < 4.78 is 0. The Hall–Kier alpha value is -1.65. The fourth-order valence-electron chi connectivity index (χ4n) is 2.25. The van der Waals surface area contributed by atoms with Crippen molar-refractivity contribution in [3.8, 4) is 0 Å². The zero-order valence-corrected chi connectivity index (χ0v) is 11.1. The lowest BCUT2D eigenvalue weighted by Crippen LogP contribution is -2.39. The van der Waals surface area contributed by atoms with Gasteiger partial charge in [0.05, 0.1) is 0 Å². The summed E-state index contributed by atoms with van der Waals surface area (Å²) in [5.74, 6) is 0.690. The Morgan fingerprint density at radius 3 is 2.72 bits per heavy atom. The van der Waals surface area contributed by atoms with Gasteiger partial charge in [0.2, 0.25) is 5.95 Å². The van der Waals surface area contributed by atoms with Gasteiger partial charge in [-0.2, -0.15) is 0 Å². The molecule has 0 bridgehead atoms. The molecule has 1 fully saturated rings. The molecule has 3 N–H and O–H groups in total. The molecule has 1 aliphatic heterocycles. The molecular weight excluding hydrogens is 226 g/mol. The lowest BCUT2D eigenvalue weighted by molar-refractivity contribution is 0.237. The molecule has 0 aromatic carbocycles. The van der Waals surface area contributed by atoms with Crippen LogP contribution in [0, 0.1) is 10.8 Å². The van der Waals surface area contributed by atoms with Crippen molar-refractivity contribution in [2.75, 3.05) is 18.0 Å². The molecule has 5 nitrogen and oxygen atoms in total. The van der Waals surface area contributed by atoms with Crippen LogP contribution in [0.2, 0.25) is 0 Å². The molecule has 5 heteroatoms. The highest BCUT2D eigenvalue weighted by molar-refractivity contribution is 5.93. The molecule has 0 aliphatic carbocycles. The lowest BCUT2D eigenvalue weighted by Gasteiger charge is -2.38. The third-order valence-electron chi connectivity index (χ3n) is 4.03. The minimum atomic E-state index is -0.00550. The van der Waals surface area contributed by atoms with Crippen LogP contribution in [0.5, 0.6) is 0 Å². The van der Waals surface area contributed by atoms with Gasteiger partial charge >= 0.3 is 0 Å². The maximum atomic E-state index is 7.41. The topological polar surface area (TPSA) is 78.9 Å². The Kier molecular flexibility index (Phi) is 3.50. The molecule has 0 saturated carbocycles. The molecule has 2 heterocycles. The minimum Gasteiger partial charge on any atom is -0.382 e. The van der Waals surface area contributed by atoms with Crippen molar-refractivity contribution in [3.05, 3.63) is 18.0 Å². The second-order valence-corrected chi connectivity index (χ2v) is 5.31. The molecule has 1 aliphatic rings. The fraction of sp³-hybridized carbons (Fsp3) is 0.615. The standard InChI is InChI=1S/C13H21N5/c1-3-13(2)5-8-18(9-6-13)12-16-7-4-10(17-12)11(14)15/h4,7H,3,5-6,8-9H2,1-2H3,(H3,14,15). The van der Waals surface area contributed by atoms with Crippen LogP contribution in [-0.2, 0) is 0 Å². The molecule has 1 aromatic heterocycles. The molecule has 1 aromatic rings. The van der Waals surface area contributed by atoms with Gasteiger partial charge in [-0.1, -0.05) is 20.3 Å². The Balaban J connectivity index is 2.10. The van der Waals surface area contributed by atoms with Crippen molar-refractivity contribution in [3.63, 3.8) is 0 Å². The van der Waals surface area contributed by atoms with Crippen molar-refractivity contribution in [1.82, 2.24) is 9.97 Å². The molecule has 1 saturated heterocycles. The normalized spacial score (nSPS) is 18.7. The molecule has 0 unspecified atom stereocenters. The summed E-state index contributed by atoms with van der Waals surface area (Å²) in [5, 5.41) is 7.41. The lowest BCUT2D eigenvalue weighted by atomic mass is 9.78. The molecule has 98 valence electrons. The van der Waals surface area contributed by atoms with E-state index in [1.807, 2.05) is 0 Å². The number of nitrogen functional groups attached to an aromatic ring is 1. The molecule has 0 radical (unpaired) electrons. The average molecular weight is 247 g/mol. The number of aromatic nitrogens is 2. The summed E-state index contributed by atoms with van der Waals surface area (Å²) in [6.07, 6.45) is 5.22. The van der Waals surface area contributed by atoms with E-state index in [0.29, 0.717) is 17.1 Å². The van der Waals surface area contributed by atoms with E-state index in [1.165, 1.54) is 6.42 Å². The fourth-order valence-corrected chi connectivity index (χ4v) is 2.25. The van der Waals surface area contributed by atoms with Crippen LogP contribution < -0.4 is 10.6 Å². The first-order chi connectivity index (χ1) is 8.54. The zero-order valence-electron chi connectivity index (χ0n) is 11.1. The van der Waals surface area contributed by atoms with E-state index >= 15 is 0 Å². The Morgan fingerprint density at radius 1 is 1.50 bits per heavy atom. The van der Waals surface area contributed by atoms with Gasteiger partial charge in [0.25, 0.3) is 0 Å². The van der Waals surface area contributed by atoms with Gasteiger partial charge in [0.1, 0.15) is 11.5 Å². The van der Waals surface area contributed by atoms with Crippen molar-refractivity contribution in [2.45, 2.75) is 33.1 Å². The van der Waals surface area contributed by atoms with Gasteiger partial charge in [-0.15, -0.1) is 0 Å². The third-order valence-corrected chi connectivity index (χ3v) is 4.03. The predicted octanol–water partition coefficient (Wildman–Crippen LogP) is 1.78. The van der Waals surface area contributed by atoms with Crippen LogP contribution in [0.4, 0.5) is 5.95 Å². The largest absolute Gasteiger partial charge is 0.382 e. The summed E-state index contributed by atoms with van der Waals surface area (Å²) in [7, 11) is 0. The van der Waals surface area contributed by atoms with Gasteiger partial charge in [0, 0.05) is 19.3 Å². The van der Waals surface area contributed by atoms with E-state index in [1.54, 1.807) is 12.3 Å². The summed E-state index contributed by atoms with van der Waals surface area (Å²) in [5.41, 5.74) is 6.41. The number of hydrogen-bond acceptors (Lipinski definition) is 4. The van der Waals surface area contributed by atoms with E-state index < -0.39 is 0 Å². The van der Waals surface area contributed by atoms with Crippen LogP contribution in [0.3, 0.4) is 0 Å². The van der Waals surface area contributed by atoms with Gasteiger partial charge in [0.15, 0.2) is 0 Å². The monoisotopic (exact) mass is 247 g/mol. The number of anilines is 1. The number of amidine groups is 1. The second kappa shape index (κ2) is 4.92. The van der Waals surface area contributed by atoms with Crippen LogP contribution in [0.15, 0.2) is 12.3 Å². The van der Waals surface area contributed by atoms with Gasteiger partial charge < -0.3 is 10.6 Å².